The van der Waals surface area contributed by atoms with Gasteiger partial charge in [-0.25, -0.2) is 0 Å². The fraction of sp³-hybridized carbons (Fsp3) is 0.517. The highest BCUT2D eigenvalue weighted by Crippen LogP contribution is 2.34. The maximum absolute atomic E-state index is 3.90. The van der Waals surface area contributed by atoms with Crippen molar-refractivity contribution < 1.29 is 0 Å². The molecule has 0 aromatic heterocycles. The van der Waals surface area contributed by atoms with Crippen molar-refractivity contribution in [2.45, 2.75) is 91.5 Å². The fourth-order valence-electron chi connectivity index (χ4n) is 4.03. The van der Waals surface area contributed by atoms with E-state index in [0.717, 1.165) is 25.2 Å². The van der Waals surface area contributed by atoms with Crippen LogP contribution in [0.5, 0.6) is 0 Å². The Labute approximate surface area is 186 Å². The molecule has 0 saturated heterocycles. The van der Waals surface area contributed by atoms with Crippen LogP contribution in [0.15, 0.2) is 60.4 Å². The average Bonchev–Trinajstić information content (AvgIpc) is 3.55. The Hall–Kier alpha value is -2.02. The molecule has 30 heavy (non-hydrogen) atoms. The number of allylic oxidation sites excluding steroid dienone is 5. The number of hydrogen-bond donors (Lipinski definition) is 1. The summed E-state index contributed by atoms with van der Waals surface area (Å²) in [5, 5.41) is 3.78. The first kappa shape index (κ1) is 24.3. The average molecular weight is 406 g/mol. The molecule has 1 aromatic rings. The van der Waals surface area contributed by atoms with Gasteiger partial charge in [0, 0.05) is 11.7 Å². The van der Waals surface area contributed by atoms with E-state index in [1.54, 1.807) is 0 Å². The van der Waals surface area contributed by atoms with Gasteiger partial charge in [0.1, 0.15) is 0 Å². The van der Waals surface area contributed by atoms with Crippen molar-refractivity contribution in [1.29, 1.82) is 0 Å². The summed E-state index contributed by atoms with van der Waals surface area (Å²) in [6.45, 7) is 15.1. The highest BCUT2D eigenvalue weighted by atomic mass is 14.9. The van der Waals surface area contributed by atoms with E-state index < -0.39 is 0 Å². The summed E-state index contributed by atoms with van der Waals surface area (Å²) < 4.78 is 0. The van der Waals surface area contributed by atoms with Crippen LogP contribution in [0.3, 0.4) is 0 Å². The lowest BCUT2D eigenvalue weighted by molar-refractivity contribution is 0.579. The van der Waals surface area contributed by atoms with Gasteiger partial charge in [0.15, 0.2) is 0 Å². The van der Waals surface area contributed by atoms with Crippen LogP contribution in [0, 0.1) is 12.8 Å². The van der Waals surface area contributed by atoms with E-state index in [-0.39, 0.29) is 0 Å². The van der Waals surface area contributed by atoms with Crippen LogP contribution in [0.1, 0.15) is 95.2 Å². The Morgan fingerprint density at radius 3 is 2.63 bits per heavy atom. The maximum Gasteiger partial charge on any atom is 0.0264 e. The zero-order valence-electron chi connectivity index (χ0n) is 20.0. The zero-order chi connectivity index (χ0) is 21.9. The minimum absolute atomic E-state index is 0.442. The summed E-state index contributed by atoms with van der Waals surface area (Å²) in [6, 6.07) is 7.21. The van der Waals surface area contributed by atoms with Gasteiger partial charge in [-0.05, 0) is 81.4 Å². The van der Waals surface area contributed by atoms with Crippen LogP contribution < -0.4 is 5.32 Å². The van der Waals surface area contributed by atoms with Crippen molar-refractivity contribution in [2.24, 2.45) is 5.92 Å². The van der Waals surface area contributed by atoms with E-state index in [0.29, 0.717) is 12.0 Å². The smallest absolute Gasteiger partial charge is 0.0264 e. The molecule has 2 unspecified atom stereocenters. The van der Waals surface area contributed by atoms with Gasteiger partial charge >= 0.3 is 0 Å². The summed E-state index contributed by atoms with van der Waals surface area (Å²) in [4.78, 5) is 0. The predicted octanol–water partition coefficient (Wildman–Crippen LogP) is 8.49. The summed E-state index contributed by atoms with van der Waals surface area (Å²) in [6.07, 6.45) is 19.9. The number of benzene rings is 1. The van der Waals surface area contributed by atoms with Gasteiger partial charge in [-0.15, -0.1) is 0 Å². The van der Waals surface area contributed by atoms with E-state index in [9.17, 15) is 0 Å². The first-order valence-electron chi connectivity index (χ1n) is 12.0. The van der Waals surface area contributed by atoms with E-state index in [1.165, 1.54) is 53.6 Å². The molecule has 1 aromatic carbocycles. The molecule has 0 heterocycles. The molecule has 1 N–H and O–H groups in total. The second kappa shape index (κ2) is 12.6. The fourth-order valence-corrected chi connectivity index (χ4v) is 4.03. The highest BCUT2D eigenvalue weighted by molar-refractivity contribution is 5.52. The Morgan fingerprint density at radius 1 is 1.27 bits per heavy atom. The number of rotatable bonds is 13. The molecule has 1 fully saturated rings. The standard InChI is InChI=1S/C29H43N/c1-7-11-29(21-23(5)28-19-18-27(9-3)22(4)20-28)30-24(6)12-10-13-25(8-2)14-15-26-16-17-26/h8-11,13,18-20,23-24,26,30H,3,7,12,14-17,21H2,1-2,4-6H3/b13-10-,25-8+,29-11?. The maximum atomic E-state index is 3.90. The van der Waals surface area contributed by atoms with Crippen LogP contribution in [-0.4, -0.2) is 6.04 Å². The Balaban J connectivity index is 1.87. The van der Waals surface area contributed by atoms with Gasteiger partial charge in [0.25, 0.3) is 0 Å². The Morgan fingerprint density at radius 2 is 2.03 bits per heavy atom. The van der Waals surface area contributed by atoms with Crippen LogP contribution in [-0.2, 0) is 0 Å². The monoisotopic (exact) mass is 405 g/mol. The predicted molar refractivity (Wildman–Crippen MR) is 135 cm³/mol. The molecular formula is C29H43N. The Bertz CT molecular complexity index is 761. The molecule has 1 aliphatic rings. The van der Waals surface area contributed by atoms with Gasteiger partial charge in [0.2, 0.25) is 0 Å². The number of hydrogen-bond acceptors (Lipinski definition) is 1. The first-order valence-corrected chi connectivity index (χ1v) is 12.0. The highest BCUT2D eigenvalue weighted by Gasteiger charge is 2.20. The van der Waals surface area contributed by atoms with Crippen LogP contribution in [0.4, 0.5) is 0 Å². The second-order valence-corrected chi connectivity index (χ2v) is 9.09. The van der Waals surface area contributed by atoms with Gasteiger partial charge in [-0.2, -0.15) is 0 Å². The van der Waals surface area contributed by atoms with Crippen LogP contribution in [0.2, 0.25) is 0 Å². The number of nitrogens with one attached hydrogen (secondary N) is 1. The molecule has 0 amide bonds. The van der Waals surface area contributed by atoms with E-state index >= 15 is 0 Å². The molecule has 1 saturated carbocycles. The van der Waals surface area contributed by atoms with Crippen molar-refractivity contribution >= 4 is 6.08 Å². The molecule has 0 spiro atoms. The van der Waals surface area contributed by atoms with Gasteiger partial charge in [-0.3, -0.25) is 0 Å². The third kappa shape index (κ3) is 8.38. The molecule has 2 rings (SSSR count). The third-order valence-electron chi connectivity index (χ3n) is 6.22. The second-order valence-electron chi connectivity index (χ2n) is 9.09. The van der Waals surface area contributed by atoms with E-state index in [2.05, 4.69) is 89.0 Å². The Kier molecular flexibility index (Phi) is 10.2. The number of aryl methyl sites for hydroxylation is 1. The summed E-state index contributed by atoms with van der Waals surface area (Å²) in [7, 11) is 0. The molecule has 1 heteroatoms. The molecule has 1 aliphatic carbocycles. The zero-order valence-corrected chi connectivity index (χ0v) is 20.0. The molecule has 0 aliphatic heterocycles. The van der Waals surface area contributed by atoms with Crippen molar-refractivity contribution in [3.05, 3.63) is 77.0 Å². The molecule has 2 atom stereocenters. The van der Waals surface area contributed by atoms with Crippen LogP contribution >= 0.6 is 0 Å². The van der Waals surface area contributed by atoms with Crippen molar-refractivity contribution in [3.8, 4) is 0 Å². The van der Waals surface area contributed by atoms with E-state index in [4.69, 9.17) is 0 Å². The van der Waals surface area contributed by atoms with Gasteiger partial charge in [0.05, 0.1) is 0 Å². The lowest BCUT2D eigenvalue weighted by Gasteiger charge is -2.21. The minimum atomic E-state index is 0.442. The third-order valence-corrected chi connectivity index (χ3v) is 6.22. The van der Waals surface area contributed by atoms with Crippen LogP contribution in [0.25, 0.3) is 6.08 Å². The van der Waals surface area contributed by atoms with Crippen molar-refractivity contribution in [1.82, 2.24) is 5.32 Å². The van der Waals surface area contributed by atoms with Gasteiger partial charge in [-0.1, -0.05) is 87.4 Å². The largest absolute Gasteiger partial charge is 0.386 e. The lowest BCUT2D eigenvalue weighted by atomic mass is 9.92. The van der Waals surface area contributed by atoms with Crippen molar-refractivity contribution in [2.75, 3.05) is 0 Å². The minimum Gasteiger partial charge on any atom is -0.386 e. The van der Waals surface area contributed by atoms with Gasteiger partial charge < -0.3 is 5.32 Å². The van der Waals surface area contributed by atoms with E-state index in [1.807, 2.05) is 6.08 Å². The lowest BCUT2D eigenvalue weighted by Crippen LogP contribution is -2.25. The van der Waals surface area contributed by atoms with Crippen molar-refractivity contribution in [3.63, 3.8) is 0 Å². The molecular weight excluding hydrogens is 362 g/mol. The molecule has 164 valence electrons. The topological polar surface area (TPSA) is 12.0 Å². The summed E-state index contributed by atoms with van der Waals surface area (Å²) in [5.41, 5.74) is 6.80. The first-order chi connectivity index (χ1) is 14.5. The molecule has 1 nitrogen and oxygen atoms in total. The normalized spacial score (nSPS) is 17.2. The summed E-state index contributed by atoms with van der Waals surface area (Å²) in [5.74, 6) is 1.50. The quantitative estimate of drug-likeness (QED) is 0.324. The molecule has 0 bridgehead atoms. The summed E-state index contributed by atoms with van der Waals surface area (Å²) >= 11 is 0. The SMILES string of the molecule is C=Cc1ccc(C(C)CC(=CCC)NC(C)C/C=C\C(=C/C)CCC2CC2)cc1C. The molecule has 0 radical (unpaired) electrons.